The van der Waals surface area contributed by atoms with Crippen molar-refractivity contribution < 1.29 is 4.79 Å². The van der Waals surface area contributed by atoms with Crippen LogP contribution >= 0.6 is 0 Å². The average Bonchev–Trinajstić information content (AvgIpc) is 2.30. The number of allylic oxidation sites excluding steroid dienone is 1. The van der Waals surface area contributed by atoms with Gasteiger partial charge < -0.3 is 10.6 Å². The van der Waals surface area contributed by atoms with Crippen molar-refractivity contribution >= 4 is 5.91 Å². The Morgan fingerprint density at radius 3 is 2.88 bits per heavy atom. The van der Waals surface area contributed by atoms with E-state index in [-0.39, 0.29) is 5.91 Å². The van der Waals surface area contributed by atoms with E-state index in [2.05, 4.69) is 4.98 Å². The van der Waals surface area contributed by atoms with Crippen molar-refractivity contribution in [2.45, 2.75) is 13.0 Å². The van der Waals surface area contributed by atoms with Crippen molar-refractivity contribution in [2.24, 2.45) is 5.73 Å². The van der Waals surface area contributed by atoms with Gasteiger partial charge in [-0.05, 0) is 24.1 Å². The molecule has 0 atom stereocenters. The third-order valence-corrected chi connectivity index (χ3v) is 2.39. The van der Waals surface area contributed by atoms with Crippen molar-refractivity contribution in [3.63, 3.8) is 0 Å². The van der Waals surface area contributed by atoms with Crippen LogP contribution in [0.3, 0.4) is 0 Å². The summed E-state index contributed by atoms with van der Waals surface area (Å²) < 4.78 is 0. The minimum Gasteiger partial charge on any atom is -0.366 e. The quantitative estimate of drug-likeness (QED) is 0.823. The van der Waals surface area contributed by atoms with Gasteiger partial charge in [0.15, 0.2) is 0 Å². The molecule has 1 aromatic heterocycles. The maximum absolute atomic E-state index is 11.0. The fourth-order valence-electron chi connectivity index (χ4n) is 1.57. The highest BCUT2D eigenvalue weighted by Crippen LogP contribution is 2.14. The summed E-state index contributed by atoms with van der Waals surface area (Å²) in [5.41, 5.74) is 7.02. The lowest BCUT2D eigenvalue weighted by atomic mass is 10.1. The van der Waals surface area contributed by atoms with Gasteiger partial charge in [0.25, 0.3) is 0 Å². The van der Waals surface area contributed by atoms with Gasteiger partial charge in [-0.15, -0.1) is 0 Å². The first-order valence-corrected chi connectivity index (χ1v) is 5.07. The summed E-state index contributed by atoms with van der Waals surface area (Å²) >= 11 is 0. The van der Waals surface area contributed by atoms with E-state index in [9.17, 15) is 4.79 Å². The zero-order valence-electron chi connectivity index (χ0n) is 8.84. The number of amides is 1. The number of rotatable bonds is 3. The molecule has 0 bridgehead atoms. The summed E-state index contributed by atoms with van der Waals surface area (Å²) in [6.07, 6.45) is 9.79. The number of nitrogens with two attached hydrogens (primary N) is 1. The minimum absolute atomic E-state index is 0.357. The molecule has 0 radical (unpaired) electrons. The highest BCUT2D eigenvalue weighted by molar-refractivity contribution is 5.92. The van der Waals surface area contributed by atoms with Gasteiger partial charge in [0, 0.05) is 36.9 Å². The molecule has 1 aromatic rings. The Kier molecular flexibility index (Phi) is 3.00. The van der Waals surface area contributed by atoms with Crippen LogP contribution in [-0.2, 0) is 11.3 Å². The lowest BCUT2D eigenvalue weighted by molar-refractivity contribution is -0.114. The van der Waals surface area contributed by atoms with Crippen LogP contribution in [0.1, 0.15) is 12.0 Å². The van der Waals surface area contributed by atoms with Gasteiger partial charge in [0.1, 0.15) is 0 Å². The molecule has 1 amide bonds. The summed E-state index contributed by atoms with van der Waals surface area (Å²) in [7, 11) is 0. The van der Waals surface area contributed by atoms with Gasteiger partial charge in [-0.1, -0.05) is 6.08 Å². The molecule has 4 heteroatoms. The standard InChI is InChI=1S/C12H13N3O/c13-12(16)11-2-1-7-15(9-11)8-10-3-5-14-6-4-10/h1,3-7,9H,2,8H2,(H2,13,16). The Labute approximate surface area is 94.1 Å². The first kappa shape index (κ1) is 10.4. The number of primary amides is 1. The summed E-state index contributed by atoms with van der Waals surface area (Å²) in [6.45, 7) is 0.718. The van der Waals surface area contributed by atoms with Crippen molar-refractivity contribution in [3.8, 4) is 0 Å². The Morgan fingerprint density at radius 2 is 2.19 bits per heavy atom. The largest absolute Gasteiger partial charge is 0.366 e. The van der Waals surface area contributed by atoms with Gasteiger partial charge in [0.05, 0.1) is 0 Å². The SMILES string of the molecule is NC(=O)C1=CN(Cc2ccncc2)C=CC1. The second kappa shape index (κ2) is 4.61. The number of aromatic nitrogens is 1. The van der Waals surface area contributed by atoms with Crippen LogP contribution in [0.15, 0.2) is 48.6 Å². The smallest absolute Gasteiger partial charge is 0.246 e. The van der Waals surface area contributed by atoms with Gasteiger partial charge in [-0.25, -0.2) is 0 Å². The van der Waals surface area contributed by atoms with Crippen molar-refractivity contribution in [1.29, 1.82) is 0 Å². The normalized spacial score (nSPS) is 14.8. The highest BCUT2D eigenvalue weighted by Gasteiger charge is 2.09. The van der Waals surface area contributed by atoms with E-state index >= 15 is 0 Å². The Hall–Kier alpha value is -2.10. The molecule has 2 N–H and O–H groups in total. The second-order valence-corrected chi connectivity index (χ2v) is 3.64. The van der Waals surface area contributed by atoms with Gasteiger partial charge in [-0.2, -0.15) is 0 Å². The molecule has 0 spiro atoms. The van der Waals surface area contributed by atoms with E-state index in [0.29, 0.717) is 12.0 Å². The van der Waals surface area contributed by atoms with Crippen LogP contribution in [0.4, 0.5) is 0 Å². The molecule has 0 aliphatic carbocycles. The highest BCUT2D eigenvalue weighted by atomic mass is 16.1. The molecule has 0 fully saturated rings. The molecular formula is C12H13N3O. The summed E-state index contributed by atoms with van der Waals surface area (Å²) in [4.78, 5) is 16.9. The van der Waals surface area contributed by atoms with Gasteiger partial charge in [-0.3, -0.25) is 9.78 Å². The predicted octanol–water partition coefficient (Wildman–Crippen LogP) is 1.17. The first-order valence-electron chi connectivity index (χ1n) is 5.07. The Morgan fingerprint density at radius 1 is 1.44 bits per heavy atom. The molecule has 1 aliphatic rings. The maximum atomic E-state index is 11.0. The van der Waals surface area contributed by atoms with Gasteiger partial charge >= 0.3 is 0 Å². The van der Waals surface area contributed by atoms with E-state index in [4.69, 9.17) is 5.73 Å². The molecule has 16 heavy (non-hydrogen) atoms. The van der Waals surface area contributed by atoms with Crippen molar-refractivity contribution in [3.05, 3.63) is 54.1 Å². The molecule has 82 valence electrons. The van der Waals surface area contributed by atoms with E-state index in [1.54, 1.807) is 18.6 Å². The molecule has 2 rings (SSSR count). The molecule has 2 heterocycles. The zero-order chi connectivity index (χ0) is 11.4. The number of carbonyl (C=O) groups excluding carboxylic acids is 1. The number of pyridine rings is 1. The molecular weight excluding hydrogens is 202 g/mol. The first-order chi connectivity index (χ1) is 7.75. The van der Waals surface area contributed by atoms with Crippen LogP contribution in [0.25, 0.3) is 0 Å². The van der Waals surface area contributed by atoms with E-state index in [1.165, 1.54) is 0 Å². The van der Waals surface area contributed by atoms with Crippen LogP contribution in [-0.4, -0.2) is 15.8 Å². The van der Waals surface area contributed by atoms with Crippen molar-refractivity contribution in [1.82, 2.24) is 9.88 Å². The molecule has 0 unspecified atom stereocenters. The molecule has 0 saturated carbocycles. The fraction of sp³-hybridized carbons (Fsp3) is 0.167. The molecule has 1 aliphatic heterocycles. The van der Waals surface area contributed by atoms with E-state index in [1.807, 2.05) is 29.3 Å². The summed E-state index contributed by atoms with van der Waals surface area (Å²) in [5.74, 6) is -0.357. The number of nitrogens with zero attached hydrogens (tertiary/aromatic N) is 2. The average molecular weight is 215 g/mol. The number of hydrogen-bond acceptors (Lipinski definition) is 3. The predicted molar refractivity (Wildman–Crippen MR) is 60.8 cm³/mol. The maximum Gasteiger partial charge on any atom is 0.246 e. The lowest BCUT2D eigenvalue weighted by Crippen LogP contribution is -2.20. The third-order valence-electron chi connectivity index (χ3n) is 2.39. The lowest BCUT2D eigenvalue weighted by Gasteiger charge is -2.20. The van der Waals surface area contributed by atoms with Crippen molar-refractivity contribution in [2.75, 3.05) is 0 Å². The van der Waals surface area contributed by atoms with Crippen LogP contribution < -0.4 is 5.73 Å². The number of hydrogen-bond donors (Lipinski definition) is 1. The van der Waals surface area contributed by atoms with Crippen LogP contribution in [0.5, 0.6) is 0 Å². The Bertz CT molecular complexity index is 437. The fourth-order valence-corrected chi connectivity index (χ4v) is 1.57. The second-order valence-electron chi connectivity index (χ2n) is 3.64. The number of carbonyl (C=O) groups is 1. The van der Waals surface area contributed by atoms with Crippen LogP contribution in [0, 0.1) is 0 Å². The molecule has 0 aromatic carbocycles. The van der Waals surface area contributed by atoms with E-state index < -0.39 is 0 Å². The topological polar surface area (TPSA) is 59.2 Å². The van der Waals surface area contributed by atoms with Crippen LogP contribution in [0.2, 0.25) is 0 Å². The zero-order valence-corrected chi connectivity index (χ0v) is 8.84. The Balaban J connectivity index is 2.08. The third kappa shape index (κ3) is 2.48. The monoisotopic (exact) mass is 215 g/mol. The summed E-state index contributed by atoms with van der Waals surface area (Å²) in [6, 6.07) is 3.89. The molecule has 4 nitrogen and oxygen atoms in total. The minimum atomic E-state index is -0.357. The van der Waals surface area contributed by atoms with Gasteiger partial charge in [0.2, 0.25) is 5.91 Å². The van der Waals surface area contributed by atoms with E-state index in [0.717, 1.165) is 12.1 Å². The molecule has 0 saturated heterocycles. The summed E-state index contributed by atoms with van der Waals surface area (Å²) in [5, 5.41) is 0.